The maximum atomic E-state index is 5.85. The van der Waals surface area contributed by atoms with E-state index in [-0.39, 0.29) is 10.3 Å². The fourth-order valence-corrected chi connectivity index (χ4v) is 1.37. The molecule has 0 radical (unpaired) electrons. The van der Waals surface area contributed by atoms with Gasteiger partial charge in [-0.25, -0.2) is 4.68 Å². The maximum Gasteiger partial charge on any atom is 0.177 e. The minimum atomic E-state index is 0.275. The highest BCUT2D eigenvalue weighted by Gasteiger charge is 2.06. The van der Waals surface area contributed by atoms with Crippen LogP contribution >= 0.6 is 23.2 Å². The first-order valence-corrected chi connectivity index (χ1v) is 4.64. The van der Waals surface area contributed by atoms with Gasteiger partial charge in [-0.15, -0.1) is 10.2 Å². The number of hydrogen-bond donors (Lipinski definition) is 0. The third kappa shape index (κ3) is 1.71. The molecule has 2 aromatic rings. The molecule has 2 aromatic heterocycles. The smallest absolute Gasteiger partial charge is 0.177 e. The van der Waals surface area contributed by atoms with E-state index >= 15 is 0 Å². The van der Waals surface area contributed by atoms with Crippen LogP contribution in [-0.2, 0) is 0 Å². The molecule has 0 saturated heterocycles. The maximum absolute atomic E-state index is 5.85. The van der Waals surface area contributed by atoms with Crippen LogP contribution < -0.4 is 0 Å². The van der Waals surface area contributed by atoms with Crippen LogP contribution in [0.25, 0.3) is 5.69 Å². The summed E-state index contributed by atoms with van der Waals surface area (Å²) in [6, 6.07) is 3.48. The second-order valence-electron chi connectivity index (χ2n) is 2.74. The molecule has 0 N–H and O–H groups in total. The van der Waals surface area contributed by atoms with Gasteiger partial charge in [0.15, 0.2) is 10.3 Å². The van der Waals surface area contributed by atoms with E-state index in [0.717, 1.165) is 5.69 Å². The summed E-state index contributed by atoms with van der Waals surface area (Å²) in [5, 5.41) is 12.1. The molecular weight excluding hydrogens is 223 g/mol. The molecule has 72 valence electrons. The molecule has 6 heteroatoms. The summed E-state index contributed by atoms with van der Waals surface area (Å²) in [7, 11) is 0. The van der Waals surface area contributed by atoms with Gasteiger partial charge in [0, 0.05) is 12.3 Å². The minimum absolute atomic E-state index is 0.275. The molecular formula is C8H6Cl2N4. The first-order valence-electron chi connectivity index (χ1n) is 3.88. The number of aromatic nitrogens is 4. The second kappa shape index (κ2) is 3.55. The summed E-state index contributed by atoms with van der Waals surface area (Å²) in [4.78, 5) is 0. The number of halogens is 2. The minimum Gasteiger partial charge on any atom is -0.237 e. The van der Waals surface area contributed by atoms with Crippen molar-refractivity contribution in [3.05, 3.63) is 34.3 Å². The van der Waals surface area contributed by atoms with Crippen LogP contribution in [0.1, 0.15) is 5.69 Å². The van der Waals surface area contributed by atoms with Crippen molar-refractivity contribution in [2.45, 2.75) is 6.92 Å². The van der Waals surface area contributed by atoms with Gasteiger partial charge in [-0.2, -0.15) is 5.10 Å². The molecule has 4 nitrogen and oxygen atoms in total. The molecule has 0 unspecified atom stereocenters. The molecule has 0 fully saturated rings. The zero-order chi connectivity index (χ0) is 10.1. The fourth-order valence-electron chi connectivity index (χ4n) is 1.05. The number of aryl methyl sites for hydroxylation is 1. The van der Waals surface area contributed by atoms with Gasteiger partial charge in [0.05, 0.1) is 5.69 Å². The lowest BCUT2D eigenvalue weighted by Crippen LogP contribution is -1.99. The molecule has 0 atom stereocenters. The van der Waals surface area contributed by atoms with Gasteiger partial charge in [-0.05, 0) is 13.0 Å². The van der Waals surface area contributed by atoms with Crippen molar-refractivity contribution in [1.82, 2.24) is 20.0 Å². The van der Waals surface area contributed by atoms with Crippen molar-refractivity contribution in [3.63, 3.8) is 0 Å². The van der Waals surface area contributed by atoms with E-state index in [1.807, 2.05) is 13.0 Å². The fraction of sp³-hybridized carbons (Fsp3) is 0.125. The molecule has 0 amide bonds. The summed E-state index contributed by atoms with van der Waals surface area (Å²) in [5.74, 6) is 0. The molecule has 0 aliphatic rings. The highest BCUT2D eigenvalue weighted by atomic mass is 35.5. The van der Waals surface area contributed by atoms with E-state index in [4.69, 9.17) is 23.2 Å². The second-order valence-corrected chi connectivity index (χ2v) is 3.49. The van der Waals surface area contributed by atoms with Crippen molar-refractivity contribution >= 4 is 23.2 Å². The average Bonchev–Trinajstić information content (AvgIpc) is 2.56. The Morgan fingerprint density at radius 2 is 2.07 bits per heavy atom. The number of hydrogen-bond acceptors (Lipinski definition) is 3. The molecule has 14 heavy (non-hydrogen) atoms. The lowest BCUT2D eigenvalue weighted by Gasteiger charge is -2.02. The van der Waals surface area contributed by atoms with Crippen LogP contribution in [0.15, 0.2) is 18.3 Å². The predicted octanol–water partition coefficient (Wildman–Crippen LogP) is 2.28. The molecule has 0 aromatic carbocycles. The Bertz CT molecular complexity index is 466. The first-order chi connectivity index (χ1) is 6.66. The Kier molecular flexibility index (Phi) is 2.39. The Hall–Kier alpha value is -1.13. The van der Waals surface area contributed by atoms with E-state index in [1.54, 1.807) is 16.9 Å². The third-order valence-electron chi connectivity index (χ3n) is 1.67. The monoisotopic (exact) mass is 228 g/mol. The topological polar surface area (TPSA) is 43.6 Å². The predicted molar refractivity (Wildman–Crippen MR) is 53.9 cm³/mol. The van der Waals surface area contributed by atoms with Crippen LogP contribution in [0.2, 0.25) is 10.3 Å². The van der Waals surface area contributed by atoms with E-state index in [0.29, 0.717) is 5.69 Å². The van der Waals surface area contributed by atoms with Crippen LogP contribution in [0.3, 0.4) is 0 Å². The Morgan fingerprint density at radius 3 is 2.71 bits per heavy atom. The van der Waals surface area contributed by atoms with E-state index in [1.165, 1.54) is 0 Å². The highest BCUT2D eigenvalue weighted by Crippen LogP contribution is 2.19. The molecule has 0 bridgehead atoms. The van der Waals surface area contributed by atoms with Gasteiger partial charge in [-0.3, -0.25) is 0 Å². The first kappa shape index (κ1) is 9.43. The van der Waals surface area contributed by atoms with Gasteiger partial charge < -0.3 is 0 Å². The van der Waals surface area contributed by atoms with E-state index in [2.05, 4.69) is 15.3 Å². The molecule has 0 saturated carbocycles. The van der Waals surface area contributed by atoms with Gasteiger partial charge >= 0.3 is 0 Å². The van der Waals surface area contributed by atoms with Gasteiger partial charge in [0.25, 0.3) is 0 Å². The summed E-state index contributed by atoms with van der Waals surface area (Å²) < 4.78 is 1.61. The zero-order valence-electron chi connectivity index (χ0n) is 7.28. The van der Waals surface area contributed by atoms with Crippen molar-refractivity contribution in [2.75, 3.05) is 0 Å². The largest absolute Gasteiger partial charge is 0.237 e. The Labute approximate surface area is 90.5 Å². The summed E-state index contributed by atoms with van der Waals surface area (Å²) in [5.41, 5.74) is 1.52. The van der Waals surface area contributed by atoms with Crippen LogP contribution in [-0.4, -0.2) is 20.0 Å². The third-order valence-corrected chi connectivity index (χ3v) is 2.12. The Morgan fingerprint density at radius 1 is 1.29 bits per heavy atom. The average molecular weight is 229 g/mol. The number of nitrogens with zero attached hydrogens (tertiary/aromatic N) is 4. The normalized spacial score (nSPS) is 10.5. The van der Waals surface area contributed by atoms with Gasteiger partial charge in [-0.1, -0.05) is 23.2 Å². The van der Waals surface area contributed by atoms with Crippen molar-refractivity contribution in [3.8, 4) is 5.69 Å². The van der Waals surface area contributed by atoms with Crippen molar-refractivity contribution in [2.24, 2.45) is 0 Å². The quantitative estimate of drug-likeness (QED) is 0.753. The lowest BCUT2D eigenvalue weighted by molar-refractivity contribution is 0.845. The lowest BCUT2D eigenvalue weighted by atomic mass is 10.5. The molecule has 0 aliphatic carbocycles. The van der Waals surface area contributed by atoms with Crippen LogP contribution in [0, 0.1) is 6.92 Å². The Balaban J connectivity index is 2.55. The zero-order valence-corrected chi connectivity index (χ0v) is 8.79. The van der Waals surface area contributed by atoms with Crippen LogP contribution in [0.5, 0.6) is 0 Å². The molecule has 0 spiro atoms. The molecule has 2 rings (SSSR count). The van der Waals surface area contributed by atoms with Crippen molar-refractivity contribution in [1.29, 1.82) is 0 Å². The van der Waals surface area contributed by atoms with Crippen molar-refractivity contribution < 1.29 is 0 Å². The summed E-state index contributed by atoms with van der Waals surface area (Å²) in [6.07, 6.45) is 1.79. The van der Waals surface area contributed by atoms with Crippen LogP contribution in [0.4, 0.5) is 0 Å². The number of rotatable bonds is 1. The molecule has 2 heterocycles. The van der Waals surface area contributed by atoms with Gasteiger partial charge in [0.2, 0.25) is 0 Å². The summed E-state index contributed by atoms with van der Waals surface area (Å²) >= 11 is 11.5. The SMILES string of the molecule is Cc1ccn(-c2cc(Cl)nnc2Cl)n1. The highest BCUT2D eigenvalue weighted by molar-refractivity contribution is 6.32. The standard InChI is InChI=1S/C8H6Cl2N4/c1-5-2-3-14(13-5)6-4-7(9)11-12-8(6)10/h2-4H,1H3. The van der Waals surface area contributed by atoms with E-state index in [9.17, 15) is 0 Å². The van der Waals surface area contributed by atoms with Gasteiger partial charge in [0.1, 0.15) is 5.69 Å². The molecule has 0 aliphatic heterocycles. The van der Waals surface area contributed by atoms with E-state index < -0.39 is 0 Å². The summed E-state index contributed by atoms with van der Waals surface area (Å²) in [6.45, 7) is 1.89.